The third-order valence-corrected chi connectivity index (χ3v) is 4.98. The zero-order valence-electron chi connectivity index (χ0n) is 11.6. The van der Waals surface area contributed by atoms with E-state index in [0.29, 0.717) is 12.0 Å². The van der Waals surface area contributed by atoms with Crippen molar-refractivity contribution in [2.24, 2.45) is 5.73 Å². The van der Waals surface area contributed by atoms with Crippen molar-refractivity contribution in [1.82, 2.24) is 9.55 Å². The maximum Gasteiger partial charge on any atom is 0.114 e. The van der Waals surface area contributed by atoms with Gasteiger partial charge in [0.15, 0.2) is 0 Å². The fourth-order valence-corrected chi connectivity index (χ4v) is 3.71. The van der Waals surface area contributed by atoms with Crippen LogP contribution in [0.2, 0.25) is 5.02 Å². The Balaban J connectivity index is 1.87. The number of rotatable bonds is 2. The molecule has 1 heterocycles. The first-order valence-electron chi connectivity index (χ1n) is 7.67. The molecule has 2 aliphatic rings. The van der Waals surface area contributed by atoms with Crippen LogP contribution in [-0.4, -0.2) is 15.6 Å². The number of halogens is 1. The maximum atomic E-state index is 6.37. The molecular weight excluding hydrogens is 270 g/mol. The van der Waals surface area contributed by atoms with Crippen molar-refractivity contribution in [3.05, 3.63) is 29.0 Å². The molecule has 20 heavy (non-hydrogen) atoms. The Morgan fingerprint density at radius 3 is 2.70 bits per heavy atom. The summed E-state index contributed by atoms with van der Waals surface area (Å²) in [6.07, 6.45) is 7.34. The quantitative estimate of drug-likeness (QED) is 0.908. The highest BCUT2D eigenvalue weighted by atomic mass is 35.5. The van der Waals surface area contributed by atoms with Crippen LogP contribution in [-0.2, 0) is 0 Å². The second-order valence-corrected chi connectivity index (χ2v) is 6.70. The maximum absolute atomic E-state index is 6.37. The fraction of sp³-hybridized carbons (Fsp3) is 0.562. The number of imidazole rings is 1. The number of nitrogens with zero attached hydrogens (tertiary/aromatic N) is 2. The lowest BCUT2D eigenvalue weighted by Crippen LogP contribution is -2.33. The Labute approximate surface area is 124 Å². The van der Waals surface area contributed by atoms with E-state index in [1.807, 2.05) is 12.1 Å². The minimum Gasteiger partial charge on any atom is -0.327 e. The topological polar surface area (TPSA) is 43.8 Å². The predicted molar refractivity (Wildman–Crippen MR) is 82.2 cm³/mol. The van der Waals surface area contributed by atoms with E-state index < -0.39 is 0 Å². The van der Waals surface area contributed by atoms with E-state index in [9.17, 15) is 0 Å². The van der Waals surface area contributed by atoms with Gasteiger partial charge in [-0.05, 0) is 43.9 Å². The first-order chi connectivity index (χ1) is 9.74. The zero-order chi connectivity index (χ0) is 13.7. The van der Waals surface area contributed by atoms with E-state index in [2.05, 4.69) is 10.6 Å². The molecule has 2 fully saturated rings. The molecule has 1 aromatic heterocycles. The number of benzene rings is 1. The number of hydrogen-bond acceptors (Lipinski definition) is 2. The van der Waals surface area contributed by atoms with Gasteiger partial charge in [0.05, 0.1) is 11.0 Å². The van der Waals surface area contributed by atoms with Gasteiger partial charge < -0.3 is 10.3 Å². The van der Waals surface area contributed by atoms with E-state index in [0.717, 1.165) is 17.0 Å². The van der Waals surface area contributed by atoms with E-state index in [4.69, 9.17) is 22.3 Å². The lowest BCUT2D eigenvalue weighted by atomic mass is 9.84. The van der Waals surface area contributed by atoms with Crippen LogP contribution in [0.5, 0.6) is 0 Å². The van der Waals surface area contributed by atoms with Crippen molar-refractivity contribution >= 4 is 22.6 Å². The third kappa shape index (κ3) is 2.04. The standard InChI is InChI=1S/C16H20ClN3/c17-10-5-8-14-15(9-10)20(11-6-7-11)16(19-14)12-3-1-2-4-13(12)18/h5,8-9,11-13H,1-4,6-7,18H2. The van der Waals surface area contributed by atoms with Crippen LogP contribution in [0.3, 0.4) is 0 Å². The Morgan fingerprint density at radius 2 is 1.95 bits per heavy atom. The minimum atomic E-state index is 0.258. The summed E-state index contributed by atoms with van der Waals surface area (Å²) in [7, 11) is 0. The largest absolute Gasteiger partial charge is 0.327 e. The molecule has 2 atom stereocenters. The van der Waals surface area contributed by atoms with Crippen LogP contribution < -0.4 is 5.73 Å². The summed E-state index contributed by atoms with van der Waals surface area (Å²) >= 11 is 6.17. The van der Waals surface area contributed by atoms with Gasteiger partial charge in [-0.3, -0.25) is 0 Å². The third-order valence-electron chi connectivity index (χ3n) is 4.74. The fourth-order valence-electron chi connectivity index (χ4n) is 3.54. The molecule has 0 spiro atoms. The second-order valence-electron chi connectivity index (χ2n) is 6.26. The molecule has 2 aliphatic carbocycles. The zero-order valence-corrected chi connectivity index (χ0v) is 12.3. The Kier molecular flexibility index (Phi) is 3.00. The predicted octanol–water partition coefficient (Wildman–Crippen LogP) is 4.01. The summed E-state index contributed by atoms with van der Waals surface area (Å²) in [5.41, 5.74) is 8.62. The van der Waals surface area contributed by atoms with Gasteiger partial charge in [-0.25, -0.2) is 4.98 Å². The van der Waals surface area contributed by atoms with Crippen LogP contribution in [0.1, 0.15) is 56.3 Å². The van der Waals surface area contributed by atoms with Crippen LogP contribution in [0, 0.1) is 0 Å². The molecule has 106 valence electrons. The Bertz CT molecular complexity index is 644. The van der Waals surface area contributed by atoms with Crippen molar-refractivity contribution in [3.63, 3.8) is 0 Å². The van der Waals surface area contributed by atoms with Gasteiger partial charge in [0.2, 0.25) is 0 Å². The van der Waals surface area contributed by atoms with E-state index in [1.54, 1.807) is 0 Å². The molecule has 0 amide bonds. The van der Waals surface area contributed by atoms with Gasteiger partial charge in [-0.1, -0.05) is 24.4 Å². The average Bonchev–Trinajstić information content (AvgIpc) is 3.20. The van der Waals surface area contributed by atoms with Gasteiger partial charge in [-0.2, -0.15) is 0 Å². The van der Waals surface area contributed by atoms with Crippen molar-refractivity contribution in [1.29, 1.82) is 0 Å². The Hall–Kier alpha value is -1.06. The summed E-state index contributed by atoms with van der Waals surface area (Å²) in [6.45, 7) is 0. The summed E-state index contributed by atoms with van der Waals surface area (Å²) < 4.78 is 2.43. The summed E-state index contributed by atoms with van der Waals surface area (Å²) in [6, 6.07) is 6.89. The summed E-state index contributed by atoms with van der Waals surface area (Å²) in [4.78, 5) is 4.91. The van der Waals surface area contributed by atoms with Gasteiger partial charge in [0.25, 0.3) is 0 Å². The molecule has 4 heteroatoms. The highest BCUT2D eigenvalue weighted by Crippen LogP contribution is 2.43. The van der Waals surface area contributed by atoms with Gasteiger partial charge in [0, 0.05) is 23.0 Å². The van der Waals surface area contributed by atoms with Gasteiger partial charge in [0.1, 0.15) is 5.82 Å². The van der Waals surface area contributed by atoms with Crippen LogP contribution >= 0.6 is 11.6 Å². The molecule has 2 aromatic rings. The molecule has 3 nitrogen and oxygen atoms in total. The summed E-state index contributed by atoms with van der Waals surface area (Å²) in [5, 5.41) is 0.791. The first kappa shape index (κ1) is 12.7. The monoisotopic (exact) mass is 289 g/mol. The Morgan fingerprint density at radius 1 is 1.15 bits per heavy atom. The van der Waals surface area contributed by atoms with E-state index in [-0.39, 0.29) is 6.04 Å². The molecule has 0 saturated heterocycles. The molecule has 2 unspecified atom stereocenters. The van der Waals surface area contributed by atoms with E-state index >= 15 is 0 Å². The highest BCUT2D eigenvalue weighted by Gasteiger charge is 2.34. The lowest BCUT2D eigenvalue weighted by Gasteiger charge is -2.28. The van der Waals surface area contributed by atoms with Gasteiger partial charge >= 0.3 is 0 Å². The summed E-state index contributed by atoms with van der Waals surface area (Å²) in [5.74, 6) is 1.62. The smallest absolute Gasteiger partial charge is 0.114 e. The van der Waals surface area contributed by atoms with Crippen LogP contribution in [0.4, 0.5) is 0 Å². The number of hydrogen-bond donors (Lipinski definition) is 1. The molecule has 0 radical (unpaired) electrons. The van der Waals surface area contributed by atoms with E-state index in [1.165, 1.54) is 43.4 Å². The molecule has 4 rings (SSSR count). The van der Waals surface area contributed by atoms with Crippen molar-refractivity contribution < 1.29 is 0 Å². The minimum absolute atomic E-state index is 0.258. The number of nitrogens with two attached hydrogens (primary N) is 1. The molecule has 1 aromatic carbocycles. The van der Waals surface area contributed by atoms with Crippen LogP contribution in [0.15, 0.2) is 18.2 Å². The number of aromatic nitrogens is 2. The SMILES string of the molecule is NC1CCCCC1c1nc2ccc(Cl)cc2n1C1CC1. The normalized spacial score (nSPS) is 27.1. The highest BCUT2D eigenvalue weighted by molar-refractivity contribution is 6.31. The van der Waals surface area contributed by atoms with Crippen molar-refractivity contribution in [3.8, 4) is 0 Å². The number of fused-ring (bicyclic) bond motifs is 1. The van der Waals surface area contributed by atoms with Crippen molar-refractivity contribution in [2.75, 3.05) is 0 Å². The average molecular weight is 290 g/mol. The first-order valence-corrected chi connectivity index (χ1v) is 8.05. The lowest BCUT2D eigenvalue weighted by molar-refractivity contribution is 0.365. The van der Waals surface area contributed by atoms with Crippen LogP contribution in [0.25, 0.3) is 11.0 Å². The molecule has 0 bridgehead atoms. The molecule has 2 saturated carbocycles. The van der Waals surface area contributed by atoms with Gasteiger partial charge in [-0.15, -0.1) is 0 Å². The second kappa shape index (κ2) is 4.74. The molecular formula is C16H20ClN3. The molecule has 2 N–H and O–H groups in total. The molecule has 0 aliphatic heterocycles. The van der Waals surface area contributed by atoms with Crippen molar-refractivity contribution in [2.45, 2.75) is 56.5 Å².